The largest absolute Gasteiger partial charge is 0.469 e. The number of ether oxygens (including phenoxy) is 2. The summed E-state index contributed by atoms with van der Waals surface area (Å²) < 4.78 is 10.1. The molecule has 0 aliphatic heterocycles. The van der Waals surface area contributed by atoms with Crippen LogP contribution in [0.5, 0.6) is 0 Å². The zero-order valence-corrected chi connectivity index (χ0v) is 11.2. The van der Waals surface area contributed by atoms with Crippen LogP contribution in [-0.4, -0.2) is 37.0 Å². The van der Waals surface area contributed by atoms with Crippen LogP contribution in [0.25, 0.3) is 0 Å². The molecule has 1 atom stereocenters. The Labute approximate surface area is 103 Å². The standard InChI is InChI=1S/C13H24O4/c1-9(2)11(12(14)17-4)13(15)7-5-10(16-3)6-8-13/h9-11,15H,5-8H2,1-4H3. The van der Waals surface area contributed by atoms with Gasteiger partial charge < -0.3 is 14.6 Å². The molecule has 1 aliphatic rings. The molecule has 0 spiro atoms. The minimum Gasteiger partial charge on any atom is -0.469 e. The molecular formula is C13H24O4. The number of hydrogen-bond donors (Lipinski definition) is 1. The fourth-order valence-electron chi connectivity index (χ4n) is 2.88. The minimum atomic E-state index is -0.934. The number of esters is 1. The molecular weight excluding hydrogens is 220 g/mol. The molecule has 0 heterocycles. The summed E-state index contributed by atoms with van der Waals surface area (Å²) in [6.45, 7) is 3.89. The number of carbonyl (C=O) groups excluding carboxylic acids is 1. The predicted molar refractivity (Wildman–Crippen MR) is 64.6 cm³/mol. The van der Waals surface area contributed by atoms with Gasteiger partial charge in [0, 0.05) is 7.11 Å². The van der Waals surface area contributed by atoms with E-state index in [1.165, 1.54) is 7.11 Å². The minimum absolute atomic E-state index is 0.0755. The Morgan fingerprint density at radius 3 is 2.18 bits per heavy atom. The average molecular weight is 244 g/mol. The van der Waals surface area contributed by atoms with E-state index in [2.05, 4.69) is 0 Å². The van der Waals surface area contributed by atoms with E-state index in [4.69, 9.17) is 9.47 Å². The smallest absolute Gasteiger partial charge is 0.311 e. The van der Waals surface area contributed by atoms with Crippen molar-refractivity contribution < 1.29 is 19.4 Å². The van der Waals surface area contributed by atoms with Gasteiger partial charge in [0.1, 0.15) is 0 Å². The molecule has 1 fully saturated rings. The second kappa shape index (κ2) is 5.83. The van der Waals surface area contributed by atoms with Crippen LogP contribution in [0.15, 0.2) is 0 Å². The monoisotopic (exact) mass is 244 g/mol. The van der Waals surface area contributed by atoms with E-state index in [9.17, 15) is 9.90 Å². The van der Waals surface area contributed by atoms with E-state index in [0.29, 0.717) is 12.8 Å². The summed E-state index contributed by atoms with van der Waals surface area (Å²) in [5.74, 6) is -0.671. The van der Waals surface area contributed by atoms with Crippen molar-refractivity contribution in [2.45, 2.75) is 51.2 Å². The Kier molecular flexibility index (Phi) is 4.95. The first-order valence-corrected chi connectivity index (χ1v) is 6.27. The molecule has 1 saturated carbocycles. The second-order valence-corrected chi connectivity index (χ2v) is 5.28. The van der Waals surface area contributed by atoms with Crippen LogP contribution in [0.3, 0.4) is 0 Å². The van der Waals surface area contributed by atoms with Crippen LogP contribution >= 0.6 is 0 Å². The van der Waals surface area contributed by atoms with Crippen LogP contribution in [0.1, 0.15) is 39.5 Å². The molecule has 0 radical (unpaired) electrons. The Morgan fingerprint density at radius 1 is 1.29 bits per heavy atom. The molecule has 0 bridgehead atoms. The van der Waals surface area contributed by atoms with Gasteiger partial charge in [-0.05, 0) is 31.6 Å². The van der Waals surface area contributed by atoms with Crippen molar-refractivity contribution in [3.8, 4) is 0 Å². The highest BCUT2D eigenvalue weighted by Crippen LogP contribution is 2.39. The topological polar surface area (TPSA) is 55.8 Å². The SMILES string of the molecule is COC(=O)C(C(C)C)C1(O)CCC(OC)CC1. The zero-order chi connectivity index (χ0) is 13.1. The van der Waals surface area contributed by atoms with Crippen molar-refractivity contribution in [1.29, 1.82) is 0 Å². The number of aliphatic hydroxyl groups is 1. The summed E-state index contributed by atoms with van der Waals surface area (Å²) in [6, 6.07) is 0. The third-order valence-electron chi connectivity index (χ3n) is 3.83. The first-order valence-electron chi connectivity index (χ1n) is 6.27. The lowest BCUT2D eigenvalue weighted by atomic mass is 9.70. The van der Waals surface area contributed by atoms with E-state index in [-0.39, 0.29) is 18.0 Å². The van der Waals surface area contributed by atoms with Gasteiger partial charge in [0.05, 0.1) is 24.7 Å². The van der Waals surface area contributed by atoms with Crippen LogP contribution in [-0.2, 0) is 14.3 Å². The molecule has 1 N–H and O–H groups in total. The first-order chi connectivity index (χ1) is 7.94. The van der Waals surface area contributed by atoms with Crippen molar-refractivity contribution in [2.75, 3.05) is 14.2 Å². The van der Waals surface area contributed by atoms with Crippen molar-refractivity contribution in [2.24, 2.45) is 11.8 Å². The summed E-state index contributed by atoms with van der Waals surface area (Å²) in [5.41, 5.74) is -0.934. The molecule has 1 aliphatic carbocycles. The Balaban J connectivity index is 2.77. The van der Waals surface area contributed by atoms with Crippen molar-refractivity contribution >= 4 is 5.97 Å². The maximum absolute atomic E-state index is 11.8. The quantitative estimate of drug-likeness (QED) is 0.765. The lowest BCUT2D eigenvalue weighted by molar-refractivity contribution is -0.165. The van der Waals surface area contributed by atoms with Crippen molar-refractivity contribution in [1.82, 2.24) is 0 Å². The summed E-state index contributed by atoms with van der Waals surface area (Å²) >= 11 is 0. The van der Waals surface area contributed by atoms with Gasteiger partial charge in [-0.25, -0.2) is 0 Å². The van der Waals surface area contributed by atoms with Gasteiger partial charge in [-0.3, -0.25) is 4.79 Å². The maximum atomic E-state index is 11.8. The fourth-order valence-corrected chi connectivity index (χ4v) is 2.88. The van der Waals surface area contributed by atoms with Gasteiger partial charge in [-0.15, -0.1) is 0 Å². The maximum Gasteiger partial charge on any atom is 0.311 e. The fraction of sp³-hybridized carbons (Fsp3) is 0.923. The molecule has 4 nitrogen and oxygen atoms in total. The number of hydrogen-bond acceptors (Lipinski definition) is 4. The van der Waals surface area contributed by atoms with Gasteiger partial charge in [0.25, 0.3) is 0 Å². The molecule has 1 rings (SSSR count). The van der Waals surface area contributed by atoms with Crippen LogP contribution in [0.4, 0.5) is 0 Å². The van der Waals surface area contributed by atoms with Gasteiger partial charge in [-0.2, -0.15) is 0 Å². The summed E-state index contributed by atoms with van der Waals surface area (Å²) in [7, 11) is 3.07. The van der Waals surface area contributed by atoms with Crippen LogP contribution < -0.4 is 0 Å². The van der Waals surface area contributed by atoms with E-state index in [1.54, 1.807) is 7.11 Å². The normalized spacial score (nSPS) is 31.3. The van der Waals surface area contributed by atoms with Crippen molar-refractivity contribution in [3.63, 3.8) is 0 Å². The highest BCUT2D eigenvalue weighted by atomic mass is 16.5. The molecule has 0 aromatic rings. The summed E-state index contributed by atoms with van der Waals surface area (Å²) in [5, 5.41) is 10.7. The number of carbonyl (C=O) groups is 1. The zero-order valence-electron chi connectivity index (χ0n) is 11.2. The third-order valence-corrected chi connectivity index (χ3v) is 3.83. The van der Waals surface area contributed by atoms with Crippen LogP contribution in [0, 0.1) is 11.8 Å². The van der Waals surface area contributed by atoms with Crippen LogP contribution in [0.2, 0.25) is 0 Å². The molecule has 0 aromatic carbocycles. The molecule has 17 heavy (non-hydrogen) atoms. The molecule has 1 unspecified atom stereocenters. The molecule has 0 saturated heterocycles. The Bertz CT molecular complexity index is 254. The lowest BCUT2D eigenvalue weighted by Gasteiger charge is -2.41. The highest BCUT2D eigenvalue weighted by molar-refractivity contribution is 5.74. The predicted octanol–water partition coefficient (Wildman–Crippen LogP) is 1.75. The number of rotatable bonds is 4. The van der Waals surface area contributed by atoms with Gasteiger partial charge in [-0.1, -0.05) is 13.8 Å². The highest BCUT2D eigenvalue weighted by Gasteiger charge is 2.46. The summed E-state index contributed by atoms with van der Waals surface area (Å²) in [4.78, 5) is 11.8. The molecule has 4 heteroatoms. The van der Waals surface area contributed by atoms with E-state index < -0.39 is 11.5 Å². The van der Waals surface area contributed by atoms with Crippen molar-refractivity contribution in [3.05, 3.63) is 0 Å². The molecule has 100 valence electrons. The lowest BCUT2D eigenvalue weighted by Crippen LogP contribution is -2.49. The average Bonchev–Trinajstić information content (AvgIpc) is 2.29. The van der Waals surface area contributed by atoms with Gasteiger partial charge in [0.15, 0.2) is 0 Å². The molecule has 0 amide bonds. The summed E-state index contributed by atoms with van der Waals surface area (Å²) in [6.07, 6.45) is 3.01. The van der Waals surface area contributed by atoms with Gasteiger partial charge >= 0.3 is 5.97 Å². The molecule has 0 aromatic heterocycles. The Morgan fingerprint density at radius 2 is 1.82 bits per heavy atom. The van der Waals surface area contributed by atoms with Gasteiger partial charge in [0.2, 0.25) is 0 Å². The third kappa shape index (κ3) is 3.19. The van der Waals surface area contributed by atoms with E-state index in [1.807, 2.05) is 13.8 Å². The number of methoxy groups -OCH3 is 2. The van der Waals surface area contributed by atoms with E-state index >= 15 is 0 Å². The second-order valence-electron chi connectivity index (χ2n) is 5.28. The van der Waals surface area contributed by atoms with E-state index in [0.717, 1.165) is 12.8 Å². The first kappa shape index (κ1) is 14.5. The Hall–Kier alpha value is -0.610.